The molecular formula is C30H28F4N6O. The highest BCUT2D eigenvalue weighted by Gasteiger charge is 2.35. The second-order valence-corrected chi connectivity index (χ2v) is 10.6. The quantitative estimate of drug-likeness (QED) is 0.240. The molecule has 5 aromatic rings. The summed E-state index contributed by atoms with van der Waals surface area (Å²) in [7, 11) is 3.58. The first-order valence-electron chi connectivity index (χ1n) is 13.3. The SMILES string of the molecule is CN(Cc1cc(C(F)(F)F)c2nc(-c3cccc(-c4ccc(F)cc4-c4nncn4C)c3)[nH]c2c1)[C@@H]1CCC[C@@H]1O. The predicted molar refractivity (Wildman–Crippen MR) is 147 cm³/mol. The van der Waals surface area contributed by atoms with Gasteiger partial charge in [-0.05, 0) is 73.3 Å². The van der Waals surface area contributed by atoms with Gasteiger partial charge in [0.2, 0.25) is 0 Å². The van der Waals surface area contributed by atoms with Crippen LogP contribution in [0.3, 0.4) is 0 Å². The zero-order valence-electron chi connectivity index (χ0n) is 22.5. The normalized spacial score (nSPS) is 17.7. The van der Waals surface area contributed by atoms with E-state index in [1.165, 1.54) is 18.5 Å². The van der Waals surface area contributed by atoms with Crippen LogP contribution >= 0.6 is 0 Å². The molecule has 3 aromatic carbocycles. The van der Waals surface area contributed by atoms with Crippen molar-refractivity contribution < 1.29 is 22.7 Å². The number of aromatic nitrogens is 5. The van der Waals surface area contributed by atoms with E-state index in [0.29, 0.717) is 34.5 Å². The lowest BCUT2D eigenvalue weighted by molar-refractivity contribution is -0.136. The molecule has 0 bridgehead atoms. The predicted octanol–water partition coefficient (Wildman–Crippen LogP) is 6.20. The Balaban J connectivity index is 1.40. The van der Waals surface area contributed by atoms with Gasteiger partial charge in [0.15, 0.2) is 5.82 Å². The van der Waals surface area contributed by atoms with Gasteiger partial charge in [0.25, 0.3) is 0 Å². The summed E-state index contributed by atoms with van der Waals surface area (Å²) >= 11 is 0. The van der Waals surface area contributed by atoms with E-state index in [2.05, 4.69) is 20.2 Å². The van der Waals surface area contributed by atoms with Gasteiger partial charge < -0.3 is 14.7 Å². The van der Waals surface area contributed by atoms with Crippen LogP contribution in [-0.4, -0.2) is 53.9 Å². The third kappa shape index (κ3) is 5.22. The fourth-order valence-corrected chi connectivity index (χ4v) is 5.78. The van der Waals surface area contributed by atoms with Crippen LogP contribution in [0.5, 0.6) is 0 Å². The van der Waals surface area contributed by atoms with E-state index in [9.17, 15) is 22.7 Å². The maximum atomic E-state index is 14.2. The number of benzene rings is 3. The van der Waals surface area contributed by atoms with E-state index < -0.39 is 23.7 Å². The number of fused-ring (bicyclic) bond motifs is 1. The van der Waals surface area contributed by atoms with Crippen molar-refractivity contribution in [3.63, 3.8) is 0 Å². The highest BCUT2D eigenvalue weighted by atomic mass is 19.4. The molecular weight excluding hydrogens is 536 g/mol. The summed E-state index contributed by atoms with van der Waals surface area (Å²) in [6, 6.07) is 14.3. The van der Waals surface area contributed by atoms with Gasteiger partial charge in [0, 0.05) is 30.8 Å². The van der Waals surface area contributed by atoms with Gasteiger partial charge in [-0.3, -0.25) is 4.90 Å². The van der Waals surface area contributed by atoms with E-state index in [4.69, 9.17) is 0 Å². The van der Waals surface area contributed by atoms with Crippen molar-refractivity contribution in [2.45, 2.75) is 44.1 Å². The van der Waals surface area contributed by atoms with Gasteiger partial charge in [0.1, 0.15) is 23.5 Å². The van der Waals surface area contributed by atoms with E-state index in [-0.39, 0.29) is 29.4 Å². The number of nitrogens with one attached hydrogen (secondary N) is 1. The van der Waals surface area contributed by atoms with Crippen molar-refractivity contribution in [3.05, 3.63) is 77.9 Å². The summed E-state index contributed by atoms with van der Waals surface area (Å²) in [4.78, 5) is 9.38. The molecule has 41 heavy (non-hydrogen) atoms. The number of aliphatic hydroxyl groups is 1. The summed E-state index contributed by atoms with van der Waals surface area (Å²) in [5.41, 5.74) is 2.30. The first-order chi connectivity index (χ1) is 19.6. The largest absolute Gasteiger partial charge is 0.418 e. The molecule has 2 heterocycles. The van der Waals surface area contributed by atoms with Crippen LogP contribution < -0.4 is 0 Å². The maximum Gasteiger partial charge on any atom is 0.418 e. The second-order valence-electron chi connectivity index (χ2n) is 10.6. The number of likely N-dealkylation sites (N-methyl/N-ethyl adjacent to an activating group) is 1. The van der Waals surface area contributed by atoms with Gasteiger partial charge in [-0.2, -0.15) is 13.2 Å². The Labute approximate surface area is 233 Å². The number of aryl methyl sites for hydroxylation is 1. The number of nitrogens with zero attached hydrogens (tertiary/aromatic N) is 5. The molecule has 2 N–H and O–H groups in total. The van der Waals surface area contributed by atoms with E-state index in [0.717, 1.165) is 24.5 Å². The van der Waals surface area contributed by atoms with E-state index >= 15 is 0 Å². The van der Waals surface area contributed by atoms with Crippen LogP contribution in [0.25, 0.3) is 44.9 Å². The van der Waals surface area contributed by atoms with E-state index in [1.807, 2.05) is 18.0 Å². The number of halogens is 4. The molecule has 0 amide bonds. The summed E-state index contributed by atoms with van der Waals surface area (Å²) in [6.07, 6.45) is -1.16. The van der Waals surface area contributed by atoms with Crippen molar-refractivity contribution in [1.29, 1.82) is 0 Å². The van der Waals surface area contributed by atoms with Crippen LogP contribution in [-0.2, 0) is 19.8 Å². The van der Waals surface area contributed by atoms with Crippen molar-refractivity contribution in [1.82, 2.24) is 29.6 Å². The molecule has 0 aliphatic heterocycles. The average molecular weight is 565 g/mol. The van der Waals surface area contributed by atoms with Gasteiger partial charge in [0.05, 0.1) is 17.2 Å². The molecule has 2 atom stereocenters. The zero-order valence-corrected chi connectivity index (χ0v) is 22.5. The molecule has 0 spiro atoms. The minimum atomic E-state index is -4.60. The number of hydrogen-bond acceptors (Lipinski definition) is 5. The fourth-order valence-electron chi connectivity index (χ4n) is 5.78. The highest BCUT2D eigenvalue weighted by molar-refractivity contribution is 5.86. The molecule has 6 rings (SSSR count). The van der Waals surface area contributed by atoms with Crippen LogP contribution in [0.2, 0.25) is 0 Å². The van der Waals surface area contributed by atoms with Crippen LogP contribution in [0.1, 0.15) is 30.4 Å². The van der Waals surface area contributed by atoms with Gasteiger partial charge in [-0.25, -0.2) is 9.37 Å². The van der Waals surface area contributed by atoms with Crippen LogP contribution in [0, 0.1) is 5.82 Å². The molecule has 1 fully saturated rings. The smallest absolute Gasteiger partial charge is 0.391 e. The number of H-pyrrole nitrogens is 1. The molecule has 212 valence electrons. The standard InChI is InChI=1S/C30H28F4N6O/c1-39(25-7-4-8-26(25)41)15-17-11-23(30(32,33)34)27-24(12-17)36-28(37-27)19-6-3-5-18(13-19)21-10-9-20(31)14-22(21)29-38-35-16-40(29)2/h3,5-6,9-14,16,25-26,41H,4,7-8,15H2,1-2H3,(H,36,37)/t25-,26+/m1/s1. The number of aromatic amines is 1. The highest BCUT2D eigenvalue weighted by Crippen LogP contribution is 2.38. The number of aliphatic hydroxyl groups excluding tert-OH is 1. The third-order valence-electron chi connectivity index (χ3n) is 7.77. The minimum Gasteiger partial charge on any atom is -0.391 e. The number of alkyl halides is 3. The zero-order chi connectivity index (χ0) is 28.9. The Kier molecular flexibility index (Phi) is 6.87. The molecule has 0 radical (unpaired) electrons. The molecule has 11 heteroatoms. The lowest BCUT2D eigenvalue weighted by atomic mass is 9.97. The molecule has 1 aliphatic rings. The lowest BCUT2D eigenvalue weighted by Gasteiger charge is -2.27. The molecule has 7 nitrogen and oxygen atoms in total. The van der Waals surface area contributed by atoms with E-state index in [1.54, 1.807) is 41.9 Å². The Morgan fingerprint density at radius 1 is 1.05 bits per heavy atom. The molecule has 0 saturated heterocycles. The molecule has 1 saturated carbocycles. The maximum absolute atomic E-state index is 14.2. The average Bonchev–Trinajstić information content (AvgIpc) is 3.67. The Morgan fingerprint density at radius 3 is 2.56 bits per heavy atom. The summed E-state index contributed by atoms with van der Waals surface area (Å²) in [6.45, 7) is 0.264. The van der Waals surface area contributed by atoms with Gasteiger partial charge in [-0.1, -0.05) is 24.3 Å². The number of hydrogen-bond donors (Lipinski definition) is 2. The summed E-state index contributed by atoms with van der Waals surface area (Å²) < 4.78 is 58.5. The number of rotatable bonds is 6. The topological polar surface area (TPSA) is 82.9 Å². The molecule has 1 aliphatic carbocycles. The summed E-state index contributed by atoms with van der Waals surface area (Å²) in [5.74, 6) is 0.334. The van der Waals surface area contributed by atoms with Gasteiger partial charge in [-0.15, -0.1) is 10.2 Å². The molecule has 2 aromatic heterocycles. The van der Waals surface area contributed by atoms with Gasteiger partial charge >= 0.3 is 6.18 Å². The molecule has 0 unspecified atom stereocenters. The number of imidazole rings is 1. The fraction of sp³-hybridized carbons (Fsp3) is 0.300. The second kappa shape index (κ2) is 10.4. The Bertz CT molecular complexity index is 1730. The Hall–Kier alpha value is -4.09. The minimum absolute atomic E-state index is 0.0852. The first-order valence-corrected chi connectivity index (χ1v) is 13.3. The lowest BCUT2D eigenvalue weighted by Crippen LogP contribution is -2.37. The van der Waals surface area contributed by atoms with Crippen molar-refractivity contribution >= 4 is 11.0 Å². The van der Waals surface area contributed by atoms with Crippen molar-refractivity contribution in [2.75, 3.05) is 7.05 Å². The first kappa shape index (κ1) is 27.1. The van der Waals surface area contributed by atoms with Crippen LogP contribution in [0.4, 0.5) is 17.6 Å². The van der Waals surface area contributed by atoms with Crippen LogP contribution in [0.15, 0.2) is 60.9 Å². The summed E-state index contributed by atoms with van der Waals surface area (Å²) in [5, 5.41) is 18.3. The van der Waals surface area contributed by atoms with Crippen molar-refractivity contribution in [3.8, 4) is 33.9 Å². The Morgan fingerprint density at radius 2 is 1.85 bits per heavy atom. The monoisotopic (exact) mass is 564 g/mol. The van der Waals surface area contributed by atoms with Crippen molar-refractivity contribution in [2.24, 2.45) is 7.05 Å². The third-order valence-corrected chi connectivity index (χ3v) is 7.77.